The molecule has 1 amide bonds. The quantitative estimate of drug-likeness (QED) is 0.587. The third-order valence-electron chi connectivity index (χ3n) is 3.30. The molecule has 2 rings (SSSR count). The fourth-order valence-electron chi connectivity index (χ4n) is 2.00. The van der Waals surface area contributed by atoms with Crippen molar-refractivity contribution in [2.24, 2.45) is 0 Å². The lowest BCUT2D eigenvalue weighted by atomic mass is 10.2. The van der Waals surface area contributed by atoms with E-state index < -0.39 is 5.91 Å². The molecule has 0 bridgehead atoms. The first-order valence-electron chi connectivity index (χ1n) is 7.27. The van der Waals surface area contributed by atoms with E-state index in [0.29, 0.717) is 21.5 Å². The fourth-order valence-corrected chi connectivity index (χ4v) is 2.38. The fraction of sp³-hybridized carbons (Fsp3) is 0.111. The van der Waals surface area contributed by atoms with Gasteiger partial charge in [0.05, 0.1) is 12.8 Å². The molecule has 0 saturated heterocycles. The van der Waals surface area contributed by atoms with Gasteiger partial charge in [-0.25, -0.2) is 0 Å². The number of carbonyl (C=O) groups is 1. The summed E-state index contributed by atoms with van der Waals surface area (Å²) >= 11 is 12.0. The van der Waals surface area contributed by atoms with Gasteiger partial charge in [0.15, 0.2) is 0 Å². The van der Waals surface area contributed by atoms with Gasteiger partial charge < -0.3 is 15.4 Å². The summed E-state index contributed by atoms with van der Waals surface area (Å²) in [6, 6.07) is 14.0. The largest absolute Gasteiger partial charge is 0.495 e. The molecule has 2 aromatic carbocycles. The van der Waals surface area contributed by atoms with E-state index in [2.05, 4.69) is 10.6 Å². The number of methoxy groups -OCH3 is 1. The maximum atomic E-state index is 12.2. The first-order valence-corrected chi connectivity index (χ1v) is 8.02. The van der Waals surface area contributed by atoms with Crippen LogP contribution in [-0.4, -0.2) is 13.0 Å². The summed E-state index contributed by atoms with van der Waals surface area (Å²) in [4.78, 5) is 12.2. The number of nitrogens with one attached hydrogen (secondary N) is 2. The number of halogens is 2. The lowest BCUT2D eigenvalue weighted by molar-refractivity contribution is -0.117. The van der Waals surface area contributed by atoms with Crippen LogP contribution in [0.2, 0.25) is 10.0 Å². The summed E-state index contributed by atoms with van der Waals surface area (Å²) in [5.41, 5.74) is 1.22. The number of rotatable bonds is 6. The molecular weight excluding hydrogens is 361 g/mol. The number of nitrogens with zero attached hydrogens (tertiary/aromatic N) is 1. The first kappa shape index (κ1) is 18.7. The highest BCUT2D eigenvalue weighted by Gasteiger charge is 2.10. The molecule has 0 aliphatic heterocycles. The minimum Gasteiger partial charge on any atom is -0.495 e. The van der Waals surface area contributed by atoms with E-state index in [1.807, 2.05) is 12.1 Å². The molecule has 0 aliphatic carbocycles. The molecule has 0 saturated carbocycles. The summed E-state index contributed by atoms with van der Waals surface area (Å²) < 4.78 is 5.20. The maximum absolute atomic E-state index is 12.2. The van der Waals surface area contributed by atoms with Crippen LogP contribution < -0.4 is 15.4 Å². The van der Waals surface area contributed by atoms with Gasteiger partial charge in [-0.3, -0.25) is 4.79 Å². The number of anilines is 1. The lowest BCUT2D eigenvalue weighted by Gasteiger charge is -2.09. The van der Waals surface area contributed by atoms with E-state index >= 15 is 0 Å². The van der Waals surface area contributed by atoms with Crippen molar-refractivity contribution in [1.82, 2.24) is 5.32 Å². The number of hydrogen-bond acceptors (Lipinski definition) is 4. The van der Waals surface area contributed by atoms with Crippen molar-refractivity contribution in [3.05, 3.63) is 69.8 Å². The number of nitriles is 1. The van der Waals surface area contributed by atoms with Crippen molar-refractivity contribution in [3.8, 4) is 11.8 Å². The molecule has 0 radical (unpaired) electrons. The molecule has 25 heavy (non-hydrogen) atoms. The van der Waals surface area contributed by atoms with E-state index in [1.54, 1.807) is 36.4 Å². The first-order chi connectivity index (χ1) is 12.0. The van der Waals surface area contributed by atoms with Crippen LogP contribution in [0.25, 0.3) is 0 Å². The summed E-state index contributed by atoms with van der Waals surface area (Å²) in [5, 5.41) is 15.8. The molecule has 0 unspecified atom stereocenters. The SMILES string of the molecule is COc1ccc(Cl)cc1N/C=C(/C#N)C(=O)NCc1ccccc1Cl. The highest BCUT2D eigenvalue weighted by Crippen LogP contribution is 2.27. The second-order valence-electron chi connectivity index (χ2n) is 4.93. The van der Waals surface area contributed by atoms with Crippen LogP contribution in [0, 0.1) is 11.3 Å². The van der Waals surface area contributed by atoms with Crippen LogP contribution >= 0.6 is 23.2 Å². The van der Waals surface area contributed by atoms with Crippen molar-refractivity contribution < 1.29 is 9.53 Å². The third kappa shape index (κ3) is 5.15. The van der Waals surface area contributed by atoms with Crippen molar-refractivity contribution in [2.75, 3.05) is 12.4 Å². The highest BCUT2D eigenvalue weighted by molar-refractivity contribution is 6.31. The molecule has 0 heterocycles. The molecule has 0 aromatic heterocycles. The Morgan fingerprint density at radius 3 is 2.72 bits per heavy atom. The zero-order valence-corrected chi connectivity index (χ0v) is 14.9. The van der Waals surface area contributed by atoms with Crippen LogP contribution in [0.15, 0.2) is 54.2 Å². The normalized spacial score (nSPS) is 10.7. The molecule has 2 aromatic rings. The lowest BCUT2D eigenvalue weighted by Crippen LogP contribution is -2.24. The standard InChI is InChI=1S/C18H15Cl2N3O2/c1-25-17-7-6-14(19)8-16(17)22-11-13(9-21)18(24)23-10-12-4-2-3-5-15(12)20/h2-8,11,22H,10H2,1H3,(H,23,24)/b13-11-. The van der Waals surface area contributed by atoms with Gasteiger partial charge in [0, 0.05) is 22.8 Å². The number of ether oxygens (including phenoxy) is 1. The van der Waals surface area contributed by atoms with Gasteiger partial charge in [-0.15, -0.1) is 0 Å². The van der Waals surface area contributed by atoms with Crippen molar-refractivity contribution in [3.63, 3.8) is 0 Å². The second kappa shape index (κ2) is 8.97. The second-order valence-corrected chi connectivity index (χ2v) is 5.78. The zero-order valence-electron chi connectivity index (χ0n) is 13.3. The van der Waals surface area contributed by atoms with Crippen molar-refractivity contribution >= 4 is 34.8 Å². The average Bonchev–Trinajstić information content (AvgIpc) is 2.61. The van der Waals surface area contributed by atoms with Gasteiger partial charge in [0.25, 0.3) is 5.91 Å². The van der Waals surface area contributed by atoms with Gasteiger partial charge in [-0.1, -0.05) is 41.4 Å². The van der Waals surface area contributed by atoms with Crippen LogP contribution in [0.4, 0.5) is 5.69 Å². The van der Waals surface area contributed by atoms with E-state index in [0.717, 1.165) is 5.56 Å². The molecule has 0 aliphatic rings. The Hall–Kier alpha value is -2.68. The molecular formula is C18H15Cl2N3O2. The number of hydrogen-bond donors (Lipinski definition) is 2. The van der Waals surface area contributed by atoms with E-state index in [-0.39, 0.29) is 12.1 Å². The number of amides is 1. The Balaban J connectivity index is 2.07. The van der Waals surface area contributed by atoms with Gasteiger partial charge >= 0.3 is 0 Å². The van der Waals surface area contributed by atoms with Gasteiger partial charge in [-0.2, -0.15) is 5.26 Å². The zero-order chi connectivity index (χ0) is 18.2. The number of benzene rings is 2. The summed E-state index contributed by atoms with van der Waals surface area (Å²) in [5.74, 6) is 0.0188. The van der Waals surface area contributed by atoms with Crippen molar-refractivity contribution in [2.45, 2.75) is 6.54 Å². The minimum absolute atomic E-state index is 0.0888. The Morgan fingerprint density at radius 2 is 2.04 bits per heavy atom. The monoisotopic (exact) mass is 375 g/mol. The van der Waals surface area contributed by atoms with Gasteiger partial charge in [-0.05, 0) is 29.8 Å². The van der Waals surface area contributed by atoms with Crippen LogP contribution in [0.1, 0.15) is 5.56 Å². The van der Waals surface area contributed by atoms with E-state index in [1.165, 1.54) is 13.3 Å². The molecule has 7 heteroatoms. The highest BCUT2D eigenvalue weighted by atomic mass is 35.5. The molecule has 5 nitrogen and oxygen atoms in total. The summed E-state index contributed by atoms with van der Waals surface area (Å²) in [6.07, 6.45) is 1.30. The average molecular weight is 376 g/mol. The van der Waals surface area contributed by atoms with E-state index in [9.17, 15) is 10.1 Å². The predicted octanol–water partition coefficient (Wildman–Crippen LogP) is 4.14. The Kier molecular flexibility index (Phi) is 6.70. The van der Waals surface area contributed by atoms with Gasteiger partial charge in [0.1, 0.15) is 17.4 Å². The molecule has 0 atom stereocenters. The Morgan fingerprint density at radius 1 is 1.28 bits per heavy atom. The van der Waals surface area contributed by atoms with E-state index in [4.69, 9.17) is 27.9 Å². The maximum Gasteiger partial charge on any atom is 0.263 e. The van der Waals surface area contributed by atoms with Crippen LogP contribution in [-0.2, 0) is 11.3 Å². The summed E-state index contributed by atoms with van der Waals surface area (Å²) in [6.45, 7) is 0.220. The van der Waals surface area contributed by atoms with Crippen molar-refractivity contribution in [1.29, 1.82) is 5.26 Å². The molecule has 128 valence electrons. The molecule has 0 fully saturated rings. The molecule has 2 N–H and O–H groups in total. The van der Waals surface area contributed by atoms with Crippen LogP contribution in [0.3, 0.4) is 0 Å². The van der Waals surface area contributed by atoms with Crippen LogP contribution in [0.5, 0.6) is 5.75 Å². The van der Waals surface area contributed by atoms with Gasteiger partial charge in [0.2, 0.25) is 0 Å². The Labute approximate surface area is 155 Å². The third-order valence-corrected chi connectivity index (χ3v) is 3.90. The smallest absolute Gasteiger partial charge is 0.263 e. The predicted molar refractivity (Wildman–Crippen MR) is 98.6 cm³/mol. The number of carbonyl (C=O) groups excluding carboxylic acids is 1. The Bertz CT molecular complexity index is 844. The topological polar surface area (TPSA) is 74.1 Å². The molecule has 0 spiro atoms. The minimum atomic E-state index is -0.518. The summed E-state index contributed by atoms with van der Waals surface area (Å²) in [7, 11) is 1.51.